The summed E-state index contributed by atoms with van der Waals surface area (Å²) in [6, 6.07) is 9.12. The second-order valence-corrected chi connectivity index (χ2v) is 4.97. The van der Waals surface area contributed by atoms with Crippen molar-refractivity contribution in [3.05, 3.63) is 71.7 Å². The topological polar surface area (TPSA) is 101 Å². The van der Waals surface area contributed by atoms with Crippen molar-refractivity contribution in [2.45, 2.75) is 6.42 Å². The highest BCUT2D eigenvalue weighted by Gasteiger charge is 2.15. The van der Waals surface area contributed by atoms with Gasteiger partial charge in [-0.1, -0.05) is 18.2 Å². The molecule has 7 heteroatoms. The fourth-order valence-electron chi connectivity index (χ4n) is 2.32. The molecule has 122 valence electrons. The Morgan fingerprint density at radius 3 is 2.96 bits per heavy atom. The molecule has 3 aromatic rings. The Kier molecular flexibility index (Phi) is 4.42. The SMILES string of the molecule is COc1ccccc1Cc1occc1C(O)=CC(=O)c1ncn[nH]1. The zero-order chi connectivity index (χ0) is 16.9. The first-order valence-electron chi connectivity index (χ1n) is 7.18. The Bertz CT molecular complexity index is 866. The number of aliphatic hydroxyl groups excluding tert-OH is 1. The van der Waals surface area contributed by atoms with Crippen LogP contribution >= 0.6 is 0 Å². The molecule has 3 rings (SSSR count). The lowest BCUT2D eigenvalue weighted by Gasteiger charge is -2.07. The fourth-order valence-corrected chi connectivity index (χ4v) is 2.32. The summed E-state index contributed by atoms with van der Waals surface area (Å²) in [6.45, 7) is 0. The fraction of sp³-hybridized carbons (Fsp3) is 0.118. The van der Waals surface area contributed by atoms with Gasteiger partial charge >= 0.3 is 0 Å². The molecule has 0 unspecified atom stereocenters. The maximum Gasteiger partial charge on any atom is 0.226 e. The second-order valence-electron chi connectivity index (χ2n) is 4.97. The smallest absolute Gasteiger partial charge is 0.226 e. The minimum atomic E-state index is -0.477. The molecule has 0 bridgehead atoms. The summed E-state index contributed by atoms with van der Waals surface area (Å²) < 4.78 is 10.8. The maximum atomic E-state index is 12.0. The monoisotopic (exact) mass is 325 g/mol. The zero-order valence-corrected chi connectivity index (χ0v) is 12.9. The van der Waals surface area contributed by atoms with Crippen molar-refractivity contribution in [3.63, 3.8) is 0 Å². The van der Waals surface area contributed by atoms with E-state index < -0.39 is 5.78 Å². The number of H-pyrrole nitrogens is 1. The summed E-state index contributed by atoms with van der Waals surface area (Å²) in [5, 5.41) is 16.3. The van der Waals surface area contributed by atoms with Gasteiger partial charge in [0.25, 0.3) is 0 Å². The van der Waals surface area contributed by atoms with E-state index in [4.69, 9.17) is 9.15 Å². The van der Waals surface area contributed by atoms with Crippen LogP contribution in [0.15, 0.2) is 53.4 Å². The van der Waals surface area contributed by atoms with Gasteiger partial charge in [-0.05, 0) is 12.1 Å². The van der Waals surface area contributed by atoms with Gasteiger partial charge in [0.1, 0.15) is 23.6 Å². The first-order valence-corrected chi connectivity index (χ1v) is 7.18. The summed E-state index contributed by atoms with van der Waals surface area (Å²) in [5.41, 5.74) is 1.35. The minimum absolute atomic E-state index is 0.0522. The predicted molar refractivity (Wildman–Crippen MR) is 85.8 cm³/mol. The number of aromatic amines is 1. The van der Waals surface area contributed by atoms with Crippen LogP contribution in [0.5, 0.6) is 5.75 Å². The number of methoxy groups -OCH3 is 1. The van der Waals surface area contributed by atoms with Gasteiger partial charge in [-0.2, -0.15) is 5.10 Å². The molecule has 0 atom stereocenters. The summed E-state index contributed by atoms with van der Waals surface area (Å²) in [7, 11) is 1.59. The van der Waals surface area contributed by atoms with Gasteiger partial charge in [-0.15, -0.1) is 0 Å². The van der Waals surface area contributed by atoms with Crippen LogP contribution in [0, 0.1) is 0 Å². The van der Waals surface area contributed by atoms with Crippen LogP contribution in [0.3, 0.4) is 0 Å². The van der Waals surface area contributed by atoms with Gasteiger partial charge in [-0.3, -0.25) is 9.89 Å². The van der Waals surface area contributed by atoms with E-state index in [1.54, 1.807) is 13.2 Å². The number of carbonyl (C=O) groups excluding carboxylic acids is 1. The van der Waals surface area contributed by atoms with Gasteiger partial charge in [0.05, 0.1) is 18.9 Å². The van der Waals surface area contributed by atoms with Crippen molar-refractivity contribution in [2.75, 3.05) is 7.11 Å². The van der Waals surface area contributed by atoms with Gasteiger partial charge in [0, 0.05) is 18.1 Å². The lowest BCUT2D eigenvalue weighted by molar-refractivity contribution is 0.103. The van der Waals surface area contributed by atoms with Crippen LogP contribution in [0.4, 0.5) is 0 Å². The second kappa shape index (κ2) is 6.82. The molecule has 0 fully saturated rings. The molecule has 7 nitrogen and oxygen atoms in total. The van der Waals surface area contributed by atoms with Gasteiger partial charge in [0.15, 0.2) is 5.82 Å². The van der Waals surface area contributed by atoms with E-state index in [1.165, 1.54) is 12.6 Å². The van der Waals surface area contributed by atoms with Crippen LogP contribution < -0.4 is 4.74 Å². The Morgan fingerprint density at radius 1 is 1.38 bits per heavy atom. The summed E-state index contributed by atoms with van der Waals surface area (Å²) in [5.74, 6) is 0.625. The number of aromatic nitrogens is 3. The highest BCUT2D eigenvalue weighted by atomic mass is 16.5. The van der Waals surface area contributed by atoms with Crippen LogP contribution in [0.2, 0.25) is 0 Å². The van der Waals surface area contributed by atoms with Gasteiger partial charge < -0.3 is 14.3 Å². The molecular weight excluding hydrogens is 310 g/mol. The molecule has 0 spiro atoms. The van der Waals surface area contributed by atoms with Gasteiger partial charge in [0.2, 0.25) is 5.78 Å². The quantitative estimate of drug-likeness (QED) is 0.410. The van der Waals surface area contributed by atoms with E-state index in [-0.39, 0.29) is 11.6 Å². The number of carbonyl (C=O) groups is 1. The third kappa shape index (κ3) is 3.19. The van der Waals surface area contributed by atoms with Crippen molar-refractivity contribution in [2.24, 2.45) is 0 Å². The third-order valence-corrected chi connectivity index (χ3v) is 3.48. The van der Waals surface area contributed by atoms with Crippen LogP contribution in [-0.4, -0.2) is 33.2 Å². The van der Waals surface area contributed by atoms with Crippen molar-refractivity contribution < 1.29 is 19.1 Å². The lowest BCUT2D eigenvalue weighted by atomic mass is 10.0. The highest BCUT2D eigenvalue weighted by molar-refractivity contribution is 6.05. The number of ketones is 1. The molecule has 1 aromatic carbocycles. The number of hydrogen-bond donors (Lipinski definition) is 2. The highest BCUT2D eigenvalue weighted by Crippen LogP contribution is 2.26. The number of nitrogens with one attached hydrogen (secondary N) is 1. The molecule has 0 radical (unpaired) electrons. The number of para-hydroxylation sites is 1. The summed E-state index contributed by atoms with van der Waals surface area (Å²) in [4.78, 5) is 15.7. The number of hydrogen-bond acceptors (Lipinski definition) is 6. The van der Waals surface area contributed by atoms with Gasteiger partial charge in [-0.25, -0.2) is 4.98 Å². The number of furan rings is 1. The number of rotatable bonds is 6. The van der Waals surface area contributed by atoms with E-state index in [1.807, 2.05) is 24.3 Å². The Balaban J connectivity index is 1.86. The molecule has 0 saturated carbocycles. The minimum Gasteiger partial charge on any atom is -0.507 e. The molecular formula is C17H15N3O4. The number of ether oxygens (including phenoxy) is 1. The number of aliphatic hydroxyl groups is 1. The van der Waals surface area contributed by atoms with Crippen LogP contribution in [-0.2, 0) is 6.42 Å². The van der Waals surface area contributed by atoms with Crippen LogP contribution in [0.25, 0.3) is 5.76 Å². The van der Waals surface area contributed by atoms with Crippen molar-refractivity contribution >= 4 is 11.5 Å². The van der Waals surface area contributed by atoms with E-state index in [9.17, 15) is 9.90 Å². The largest absolute Gasteiger partial charge is 0.507 e. The first kappa shape index (κ1) is 15.5. The molecule has 2 aromatic heterocycles. The Morgan fingerprint density at radius 2 is 2.21 bits per heavy atom. The molecule has 0 aliphatic rings. The maximum absolute atomic E-state index is 12.0. The number of benzene rings is 1. The normalized spacial score (nSPS) is 11.5. The number of nitrogens with zero attached hydrogens (tertiary/aromatic N) is 2. The molecule has 0 saturated heterocycles. The molecule has 24 heavy (non-hydrogen) atoms. The Hall–Kier alpha value is -3.35. The summed E-state index contributed by atoms with van der Waals surface area (Å²) in [6.07, 6.45) is 4.18. The van der Waals surface area contributed by atoms with Crippen molar-refractivity contribution in [1.29, 1.82) is 0 Å². The van der Waals surface area contributed by atoms with Crippen LogP contribution in [0.1, 0.15) is 27.5 Å². The van der Waals surface area contributed by atoms with Crippen molar-refractivity contribution in [1.82, 2.24) is 15.2 Å². The van der Waals surface area contributed by atoms with E-state index in [2.05, 4.69) is 15.2 Å². The summed E-state index contributed by atoms with van der Waals surface area (Å²) >= 11 is 0. The molecule has 0 aliphatic carbocycles. The predicted octanol–water partition coefficient (Wildman–Crippen LogP) is 2.78. The molecule has 0 aliphatic heterocycles. The van der Waals surface area contributed by atoms with E-state index >= 15 is 0 Å². The first-order chi connectivity index (χ1) is 11.7. The average molecular weight is 325 g/mol. The molecule has 0 amide bonds. The van der Waals surface area contributed by atoms with Crippen molar-refractivity contribution in [3.8, 4) is 5.75 Å². The average Bonchev–Trinajstić information content (AvgIpc) is 3.27. The molecule has 2 N–H and O–H groups in total. The number of allylic oxidation sites excluding steroid dienone is 1. The third-order valence-electron chi connectivity index (χ3n) is 3.48. The van der Waals surface area contributed by atoms with E-state index in [0.717, 1.165) is 17.4 Å². The standard InChI is InChI=1S/C17H15N3O4/c1-23-15-5-3-2-4-11(15)8-16-12(6-7-24-16)13(21)9-14(22)17-18-10-19-20-17/h2-7,9-10,21H,8H2,1H3,(H,18,19,20). The zero-order valence-electron chi connectivity index (χ0n) is 12.9. The molecule has 2 heterocycles. The Labute approximate surface area is 137 Å². The lowest BCUT2D eigenvalue weighted by Crippen LogP contribution is -2.00. The van der Waals surface area contributed by atoms with E-state index in [0.29, 0.717) is 17.7 Å².